The van der Waals surface area contributed by atoms with Gasteiger partial charge in [0.05, 0.1) is 17.6 Å². The predicted molar refractivity (Wildman–Crippen MR) is 66.5 cm³/mol. The highest BCUT2D eigenvalue weighted by molar-refractivity contribution is 5.62. The summed E-state index contributed by atoms with van der Waals surface area (Å²) in [7, 11) is 0. The molecule has 0 aromatic heterocycles. The molecule has 1 heterocycles. The van der Waals surface area contributed by atoms with Crippen LogP contribution in [0.15, 0.2) is 18.2 Å². The Morgan fingerprint density at radius 1 is 1.56 bits per heavy atom. The molecule has 0 bridgehead atoms. The van der Waals surface area contributed by atoms with Crippen molar-refractivity contribution in [3.63, 3.8) is 0 Å². The number of aliphatic hydroxyl groups excluding tert-OH is 1. The Bertz CT molecular complexity index is 430. The van der Waals surface area contributed by atoms with Gasteiger partial charge in [0.1, 0.15) is 5.69 Å². The van der Waals surface area contributed by atoms with Gasteiger partial charge in [-0.25, -0.2) is 0 Å². The van der Waals surface area contributed by atoms with E-state index < -0.39 is 4.92 Å². The van der Waals surface area contributed by atoms with Gasteiger partial charge in [0.25, 0.3) is 5.69 Å². The Kier molecular flexibility index (Phi) is 4.11. The van der Waals surface area contributed by atoms with Crippen molar-refractivity contribution in [2.45, 2.75) is 25.6 Å². The number of nitro groups is 1. The lowest BCUT2D eigenvalue weighted by Crippen LogP contribution is -2.18. The summed E-state index contributed by atoms with van der Waals surface area (Å²) < 4.78 is 5.45. The Hall–Kier alpha value is -1.66. The molecular formula is C12H16N2O4. The summed E-state index contributed by atoms with van der Waals surface area (Å²) in [6.07, 6.45) is 2.15. The van der Waals surface area contributed by atoms with Crippen molar-refractivity contribution >= 4 is 11.4 Å². The first-order valence-electron chi connectivity index (χ1n) is 5.94. The lowest BCUT2D eigenvalue weighted by molar-refractivity contribution is -0.384. The number of anilines is 1. The van der Waals surface area contributed by atoms with Crippen molar-refractivity contribution in [2.24, 2.45) is 0 Å². The van der Waals surface area contributed by atoms with E-state index in [0.717, 1.165) is 19.4 Å². The number of nitro benzene ring substituents is 1. The van der Waals surface area contributed by atoms with Gasteiger partial charge in [-0.3, -0.25) is 10.1 Å². The summed E-state index contributed by atoms with van der Waals surface area (Å²) in [5.41, 5.74) is 0.983. The molecule has 0 amide bonds. The molecule has 2 rings (SSSR count). The van der Waals surface area contributed by atoms with Crippen molar-refractivity contribution in [2.75, 3.05) is 18.5 Å². The summed E-state index contributed by atoms with van der Waals surface area (Å²) >= 11 is 0. The van der Waals surface area contributed by atoms with Crippen molar-refractivity contribution in [1.82, 2.24) is 0 Å². The van der Waals surface area contributed by atoms with Gasteiger partial charge in [-0.1, -0.05) is 6.07 Å². The first kappa shape index (κ1) is 12.8. The zero-order chi connectivity index (χ0) is 13.0. The Labute approximate surface area is 105 Å². The molecule has 0 saturated carbocycles. The molecule has 1 aromatic carbocycles. The lowest BCUT2D eigenvalue weighted by Gasteiger charge is -2.12. The van der Waals surface area contributed by atoms with Gasteiger partial charge in [-0.05, 0) is 24.5 Å². The van der Waals surface area contributed by atoms with E-state index in [1.54, 1.807) is 12.1 Å². The van der Waals surface area contributed by atoms with Crippen LogP contribution in [0.25, 0.3) is 0 Å². The van der Waals surface area contributed by atoms with Gasteiger partial charge in [0.2, 0.25) is 0 Å². The molecule has 0 aliphatic carbocycles. The minimum absolute atomic E-state index is 0.0143. The first-order chi connectivity index (χ1) is 8.70. The molecule has 2 N–H and O–H groups in total. The SMILES string of the molecule is O=[N+]([O-])c1cc(CO)ccc1NC[C@H]1CCCO1. The first-order valence-corrected chi connectivity index (χ1v) is 5.94. The molecule has 6 nitrogen and oxygen atoms in total. The van der Waals surface area contributed by atoms with E-state index in [-0.39, 0.29) is 18.4 Å². The van der Waals surface area contributed by atoms with Crippen molar-refractivity contribution in [3.8, 4) is 0 Å². The van der Waals surface area contributed by atoms with E-state index in [4.69, 9.17) is 9.84 Å². The molecule has 1 saturated heterocycles. The van der Waals surface area contributed by atoms with Gasteiger partial charge < -0.3 is 15.2 Å². The Morgan fingerprint density at radius 2 is 2.39 bits per heavy atom. The summed E-state index contributed by atoms with van der Waals surface area (Å²) in [5, 5.41) is 23.0. The van der Waals surface area contributed by atoms with E-state index in [9.17, 15) is 10.1 Å². The van der Waals surface area contributed by atoms with Gasteiger partial charge in [-0.2, -0.15) is 0 Å². The van der Waals surface area contributed by atoms with Crippen LogP contribution in [0.2, 0.25) is 0 Å². The van der Waals surface area contributed by atoms with Gasteiger partial charge in [-0.15, -0.1) is 0 Å². The largest absolute Gasteiger partial charge is 0.392 e. The molecule has 1 atom stereocenters. The highest BCUT2D eigenvalue weighted by atomic mass is 16.6. The smallest absolute Gasteiger partial charge is 0.292 e. The van der Waals surface area contributed by atoms with Crippen LogP contribution in [0, 0.1) is 10.1 Å². The summed E-state index contributed by atoms with van der Waals surface area (Å²) in [6, 6.07) is 4.68. The predicted octanol–water partition coefficient (Wildman–Crippen LogP) is 1.68. The molecule has 6 heteroatoms. The number of hydrogen-bond donors (Lipinski definition) is 2. The maximum atomic E-state index is 10.9. The molecule has 98 valence electrons. The zero-order valence-electron chi connectivity index (χ0n) is 9.96. The third kappa shape index (κ3) is 2.96. The van der Waals surface area contributed by atoms with Crippen molar-refractivity contribution in [1.29, 1.82) is 0 Å². The molecule has 18 heavy (non-hydrogen) atoms. The summed E-state index contributed by atoms with van der Waals surface area (Å²) in [5.74, 6) is 0. The maximum Gasteiger partial charge on any atom is 0.292 e. The minimum Gasteiger partial charge on any atom is -0.392 e. The molecule has 1 aliphatic heterocycles. The fraction of sp³-hybridized carbons (Fsp3) is 0.500. The number of nitrogens with zero attached hydrogens (tertiary/aromatic N) is 1. The minimum atomic E-state index is -0.447. The maximum absolute atomic E-state index is 10.9. The average molecular weight is 252 g/mol. The highest BCUT2D eigenvalue weighted by Gasteiger charge is 2.18. The highest BCUT2D eigenvalue weighted by Crippen LogP contribution is 2.26. The van der Waals surface area contributed by atoms with Crippen LogP contribution in [-0.2, 0) is 11.3 Å². The van der Waals surface area contributed by atoms with Crippen LogP contribution in [-0.4, -0.2) is 29.3 Å². The quantitative estimate of drug-likeness (QED) is 0.615. The van der Waals surface area contributed by atoms with Gasteiger partial charge >= 0.3 is 0 Å². The second kappa shape index (κ2) is 5.79. The third-order valence-corrected chi connectivity index (χ3v) is 2.99. The molecule has 0 unspecified atom stereocenters. The summed E-state index contributed by atoms with van der Waals surface area (Å²) in [6.45, 7) is 1.13. The molecular weight excluding hydrogens is 236 g/mol. The second-order valence-corrected chi connectivity index (χ2v) is 4.28. The van der Waals surface area contributed by atoms with Crippen molar-refractivity contribution in [3.05, 3.63) is 33.9 Å². The standard InChI is InChI=1S/C12H16N2O4/c15-8-9-3-4-11(12(6-9)14(16)17)13-7-10-2-1-5-18-10/h3-4,6,10,13,15H,1-2,5,7-8H2/t10-/m1/s1. The van der Waals surface area contributed by atoms with E-state index in [1.807, 2.05) is 0 Å². The van der Waals surface area contributed by atoms with E-state index in [0.29, 0.717) is 17.8 Å². The van der Waals surface area contributed by atoms with Crippen LogP contribution in [0.3, 0.4) is 0 Å². The van der Waals surface area contributed by atoms with Crippen LogP contribution >= 0.6 is 0 Å². The van der Waals surface area contributed by atoms with Crippen LogP contribution in [0.4, 0.5) is 11.4 Å². The fourth-order valence-electron chi connectivity index (χ4n) is 2.01. The number of ether oxygens (including phenoxy) is 1. The topological polar surface area (TPSA) is 84.6 Å². The van der Waals surface area contributed by atoms with Gasteiger partial charge in [0.15, 0.2) is 0 Å². The monoisotopic (exact) mass is 252 g/mol. The molecule has 1 aromatic rings. The Balaban J connectivity index is 2.08. The van der Waals surface area contributed by atoms with Gasteiger partial charge in [0, 0.05) is 19.2 Å². The Morgan fingerprint density at radius 3 is 3.00 bits per heavy atom. The fourth-order valence-corrected chi connectivity index (χ4v) is 2.01. The van der Waals surface area contributed by atoms with Crippen LogP contribution in [0.1, 0.15) is 18.4 Å². The summed E-state index contributed by atoms with van der Waals surface area (Å²) in [4.78, 5) is 10.5. The number of nitrogens with one attached hydrogen (secondary N) is 1. The zero-order valence-corrected chi connectivity index (χ0v) is 9.96. The average Bonchev–Trinajstić information content (AvgIpc) is 2.89. The number of aliphatic hydroxyl groups is 1. The van der Waals surface area contributed by atoms with Crippen LogP contribution in [0.5, 0.6) is 0 Å². The van der Waals surface area contributed by atoms with E-state index in [1.165, 1.54) is 6.07 Å². The molecule has 1 fully saturated rings. The number of hydrogen-bond acceptors (Lipinski definition) is 5. The molecule has 1 aliphatic rings. The number of benzene rings is 1. The number of rotatable bonds is 5. The molecule has 0 radical (unpaired) electrons. The lowest BCUT2D eigenvalue weighted by atomic mass is 10.1. The normalized spacial score (nSPS) is 18.8. The van der Waals surface area contributed by atoms with E-state index >= 15 is 0 Å². The van der Waals surface area contributed by atoms with Crippen LogP contribution < -0.4 is 5.32 Å². The van der Waals surface area contributed by atoms with E-state index in [2.05, 4.69) is 5.32 Å². The second-order valence-electron chi connectivity index (χ2n) is 4.28. The van der Waals surface area contributed by atoms with Crippen molar-refractivity contribution < 1.29 is 14.8 Å². The molecule has 0 spiro atoms. The third-order valence-electron chi connectivity index (χ3n) is 2.99.